The van der Waals surface area contributed by atoms with Crippen molar-refractivity contribution in [3.8, 4) is 0 Å². The number of likely N-dealkylation sites (tertiary alicyclic amines) is 1. The molecule has 5 N–H and O–H groups in total. The van der Waals surface area contributed by atoms with Gasteiger partial charge in [0.2, 0.25) is 0 Å². The Bertz CT molecular complexity index is 353. The molecule has 0 unspecified atom stereocenters. The van der Waals surface area contributed by atoms with Crippen LogP contribution in [0.2, 0.25) is 0 Å². The van der Waals surface area contributed by atoms with Crippen molar-refractivity contribution in [2.45, 2.75) is 25.4 Å². The molecule has 0 aromatic carbocycles. The van der Waals surface area contributed by atoms with E-state index in [1.54, 1.807) is 7.05 Å². The normalized spacial score (nSPS) is 23.8. The largest absolute Gasteiger partial charge is 0.480 e. The Morgan fingerprint density at radius 1 is 1.52 bits per heavy atom. The highest BCUT2D eigenvalue weighted by Gasteiger charge is 2.33. The first kappa shape index (κ1) is 17.7. The molecule has 8 heteroatoms. The molecule has 1 heterocycles. The van der Waals surface area contributed by atoms with E-state index < -0.39 is 5.97 Å². The zero-order valence-electron chi connectivity index (χ0n) is 12.7. The summed E-state index contributed by atoms with van der Waals surface area (Å²) in [5, 5.41) is 14.0. The van der Waals surface area contributed by atoms with E-state index in [9.17, 15) is 9.59 Å². The third kappa shape index (κ3) is 6.28. The van der Waals surface area contributed by atoms with E-state index in [4.69, 9.17) is 15.6 Å². The summed E-state index contributed by atoms with van der Waals surface area (Å²) in [6, 6.07) is -0.0761. The number of hydrogen-bond donors (Lipinski definition) is 4. The average molecular weight is 302 g/mol. The Kier molecular flexibility index (Phi) is 7.41. The first-order valence-corrected chi connectivity index (χ1v) is 7.18. The van der Waals surface area contributed by atoms with E-state index in [1.165, 1.54) is 0 Å². The summed E-state index contributed by atoms with van der Waals surface area (Å²) in [5.74, 6) is -0.638. The molecular formula is C13H26N4O4. The summed E-state index contributed by atoms with van der Waals surface area (Å²) in [5.41, 5.74) is 5.66. The maximum absolute atomic E-state index is 11.4. The van der Waals surface area contributed by atoms with Gasteiger partial charge < -0.3 is 26.2 Å². The standard InChI is InChI=1S/C13H26N4O4/c1-9(4-14)5-17-6-10(16-13(20)15-2)3-11(17)7-21-8-12(18)19/h9-11H,3-8,14H2,1-2H3,(H,18,19)(H2,15,16,20)/t9-,10+,11-/m0/s1. The van der Waals surface area contributed by atoms with Gasteiger partial charge in [0.05, 0.1) is 6.61 Å². The molecule has 2 amide bonds. The molecule has 0 aromatic rings. The fourth-order valence-electron chi connectivity index (χ4n) is 2.50. The highest BCUT2D eigenvalue weighted by atomic mass is 16.5. The number of ether oxygens (including phenoxy) is 1. The second-order valence-electron chi connectivity index (χ2n) is 5.51. The van der Waals surface area contributed by atoms with Crippen LogP contribution in [0.3, 0.4) is 0 Å². The van der Waals surface area contributed by atoms with E-state index in [-0.39, 0.29) is 24.7 Å². The number of aliphatic carboxylic acids is 1. The lowest BCUT2D eigenvalue weighted by atomic mass is 10.1. The Labute approximate surface area is 125 Å². The van der Waals surface area contributed by atoms with Crippen LogP contribution in [0.1, 0.15) is 13.3 Å². The molecule has 0 spiro atoms. The van der Waals surface area contributed by atoms with Crippen LogP contribution in [0.4, 0.5) is 4.79 Å². The van der Waals surface area contributed by atoms with Crippen molar-refractivity contribution in [2.24, 2.45) is 11.7 Å². The van der Waals surface area contributed by atoms with Gasteiger partial charge in [-0.2, -0.15) is 0 Å². The molecular weight excluding hydrogens is 276 g/mol. The average Bonchev–Trinajstić information content (AvgIpc) is 2.79. The monoisotopic (exact) mass is 302 g/mol. The zero-order chi connectivity index (χ0) is 15.8. The van der Waals surface area contributed by atoms with Crippen LogP contribution >= 0.6 is 0 Å². The Morgan fingerprint density at radius 2 is 2.24 bits per heavy atom. The van der Waals surface area contributed by atoms with E-state index in [0.29, 0.717) is 19.1 Å². The van der Waals surface area contributed by atoms with Crippen molar-refractivity contribution in [3.63, 3.8) is 0 Å². The number of carboxylic acid groups (broad SMARTS) is 1. The van der Waals surface area contributed by atoms with E-state index >= 15 is 0 Å². The van der Waals surface area contributed by atoms with Crippen LogP contribution in [0.25, 0.3) is 0 Å². The van der Waals surface area contributed by atoms with Gasteiger partial charge in [-0.25, -0.2) is 9.59 Å². The lowest BCUT2D eigenvalue weighted by Gasteiger charge is -2.26. The van der Waals surface area contributed by atoms with Crippen LogP contribution in [0.15, 0.2) is 0 Å². The number of carbonyl (C=O) groups is 2. The SMILES string of the molecule is CNC(=O)N[C@@H]1C[C@@H](COCC(=O)O)N(C[C@@H](C)CN)C1. The first-order valence-electron chi connectivity index (χ1n) is 7.18. The molecule has 1 fully saturated rings. The smallest absolute Gasteiger partial charge is 0.329 e. The Hall–Kier alpha value is -1.38. The zero-order valence-corrected chi connectivity index (χ0v) is 12.7. The minimum absolute atomic E-state index is 0.0355. The maximum atomic E-state index is 11.4. The summed E-state index contributed by atoms with van der Waals surface area (Å²) in [7, 11) is 1.58. The van der Waals surface area contributed by atoms with Gasteiger partial charge in [-0.3, -0.25) is 4.90 Å². The Balaban J connectivity index is 2.52. The molecule has 1 rings (SSSR count). The minimum atomic E-state index is -0.977. The molecule has 0 aliphatic carbocycles. The maximum Gasteiger partial charge on any atom is 0.329 e. The predicted molar refractivity (Wildman–Crippen MR) is 78.0 cm³/mol. The fraction of sp³-hybridized carbons (Fsp3) is 0.846. The molecule has 1 aliphatic heterocycles. The molecule has 21 heavy (non-hydrogen) atoms. The summed E-state index contributed by atoms with van der Waals surface area (Å²) in [6.45, 7) is 4.23. The fourth-order valence-corrected chi connectivity index (χ4v) is 2.50. The minimum Gasteiger partial charge on any atom is -0.480 e. The lowest BCUT2D eigenvalue weighted by molar-refractivity contribution is -0.142. The van der Waals surface area contributed by atoms with Gasteiger partial charge in [-0.1, -0.05) is 6.92 Å². The van der Waals surface area contributed by atoms with Crippen molar-refractivity contribution in [1.29, 1.82) is 0 Å². The van der Waals surface area contributed by atoms with Gasteiger partial charge >= 0.3 is 12.0 Å². The number of hydrogen-bond acceptors (Lipinski definition) is 5. The number of nitrogens with two attached hydrogens (primary N) is 1. The van der Waals surface area contributed by atoms with Crippen molar-refractivity contribution in [3.05, 3.63) is 0 Å². The Morgan fingerprint density at radius 3 is 2.81 bits per heavy atom. The second kappa shape index (κ2) is 8.81. The number of rotatable bonds is 8. The number of amides is 2. The molecule has 3 atom stereocenters. The van der Waals surface area contributed by atoms with Crippen LogP contribution in [0, 0.1) is 5.92 Å². The lowest BCUT2D eigenvalue weighted by Crippen LogP contribution is -2.42. The van der Waals surface area contributed by atoms with Crippen LogP contribution in [-0.4, -0.2) is 74.0 Å². The van der Waals surface area contributed by atoms with Crippen molar-refractivity contribution >= 4 is 12.0 Å². The molecule has 8 nitrogen and oxygen atoms in total. The number of carbonyl (C=O) groups excluding carboxylic acids is 1. The number of nitrogens with one attached hydrogen (secondary N) is 2. The molecule has 0 radical (unpaired) electrons. The summed E-state index contributed by atoms with van der Waals surface area (Å²) < 4.78 is 5.20. The topological polar surface area (TPSA) is 117 Å². The summed E-state index contributed by atoms with van der Waals surface area (Å²) in [6.07, 6.45) is 0.740. The highest BCUT2D eigenvalue weighted by molar-refractivity contribution is 5.73. The van der Waals surface area contributed by atoms with Gasteiger partial charge in [0.25, 0.3) is 0 Å². The number of carboxylic acids is 1. The molecule has 122 valence electrons. The third-order valence-electron chi connectivity index (χ3n) is 3.57. The van der Waals surface area contributed by atoms with Crippen molar-refractivity contribution in [1.82, 2.24) is 15.5 Å². The van der Waals surface area contributed by atoms with Gasteiger partial charge in [-0.05, 0) is 18.9 Å². The summed E-state index contributed by atoms with van der Waals surface area (Å²) in [4.78, 5) is 24.1. The van der Waals surface area contributed by atoms with Crippen molar-refractivity contribution < 1.29 is 19.4 Å². The highest BCUT2D eigenvalue weighted by Crippen LogP contribution is 2.19. The van der Waals surface area contributed by atoms with Gasteiger partial charge in [0.1, 0.15) is 6.61 Å². The van der Waals surface area contributed by atoms with Gasteiger partial charge in [-0.15, -0.1) is 0 Å². The molecule has 0 aromatic heterocycles. The van der Waals surface area contributed by atoms with E-state index in [2.05, 4.69) is 22.5 Å². The molecule has 0 bridgehead atoms. The van der Waals surface area contributed by atoms with Gasteiger partial charge in [0, 0.05) is 32.2 Å². The summed E-state index contributed by atoms with van der Waals surface area (Å²) >= 11 is 0. The van der Waals surface area contributed by atoms with Crippen LogP contribution in [-0.2, 0) is 9.53 Å². The van der Waals surface area contributed by atoms with Crippen molar-refractivity contribution in [2.75, 3.05) is 39.9 Å². The van der Waals surface area contributed by atoms with Gasteiger partial charge in [0.15, 0.2) is 0 Å². The van der Waals surface area contributed by atoms with E-state index in [0.717, 1.165) is 19.5 Å². The quantitative estimate of drug-likeness (QED) is 0.459. The number of urea groups is 1. The second-order valence-corrected chi connectivity index (χ2v) is 5.51. The number of nitrogens with zero attached hydrogens (tertiary/aromatic N) is 1. The first-order chi connectivity index (χ1) is 9.96. The van der Waals surface area contributed by atoms with E-state index in [1.807, 2.05) is 0 Å². The third-order valence-corrected chi connectivity index (χ3v) is 3.57. The molecule has 1 aliphatic rings. The predicted octanol–water partition coefficient (Wildman–Crippen LogP) is -0.946. The van der Waals surface area contributed by atoms with Crippen LogP contribution in [0.5, 0.6) is 0 Å². The molecule has 1 saturated heterocycles. The molecule has 0 saturated carbocycles. The van der Waals surface area contributed by atoms with Crippen LogP contribution < -0.4 is 16.4 Å².